The molecule has 13 heteroatoms. The summed E-state index contributed by atoms with van der Waals surface area (Å²) >= 11 is 0. The first-order chi connectivity index (χ1) is 27.3. The lowest BCUT2D eigenvalue weighted by Crippen LogP contribution is -2.54. The molecule has 1 aromatic heterocycles. The third-order valence-corrected chi connectivity index (χ3v) is 15.3. The molecule has 3 N–H and O–H groups in total. The number of nitrogens with one attached hydrogen (secondary N) is 3. The summed E-state index contributed by atoms with van der Waals surface area (Å²) in [5.41, 5.74) is 1.58. The summed E-state index contributed by atoms with van der Waals surface area (Å²) in [6.45, 7) is 4.04. The van der Waals surface area contributed by atoms with Crippen molar-refractivity contribution >= 4 is 44.6 Å². The fourth-order valence-corrected chi connectivity index (χ4v) is 10.5. The van der Waals surface area contributed by atoms with Crippen LogP contribution in [0.3, 0.4) is 0 Å². The summed E-state index contributed by atoms with van der Waals surface area (Å²) in [6.07, 6.45) is 10.5. The van der Waals surface area contributed by atoms with E-state index in [4.69, 9.17) is 9.72 Å². The lowest BCUT2D eigenvalue weighted by atomic mass is 9.85. The van der Waals surface area contributed by atoms with Crippen LogP contribution < -0.4 is 20.1 Å². The molecule has 3 aliphatic heterocycles. The van der Waals surface area contributed by atoms with Gasteiger partial charge in [0.15, 0.2) is 5.78 Å². The van der Waals surface area contributed by atoms with Gasteiger partial charge >= 0.3 is 6.03 Å². The molecule has 3 fully saturated rings. The van der Waals surface area contributed by atoms with Gasteiger partial charge in [-0.3, -0.25) is 19.1 Å². The first-order valence-corrected chi connectivity index (χ1v) is 22.0. The van der Waals surface area contributed by atoms with E-state index in [-0.39, 0.29) is 37.0 Å². The Morgan fingerprint density at radius 3 is 2.54 bits per heavy atom. The fraction of sp³-hybridized carbons (Fsp3) is 0.523. The van der Waals surface area contributed by atoms with E-state index >= 15 is 0 Å². The highest BCUT2D eigenvalue weighted by atomic mass is 32.2. The van der Waals surface area contributed by atoms with Gasteiger partial charge in [-0.2, -0.15) is 0 Å². The van der Waals surface area contributed by atoms with E-state index in [1.165, 1.54) is 0 Å². The van der Waals surface area contributed by atoms with Crippen LogP contribution in [0.4, 0.5) is 4.79 Å². The van der Waals surface area contributed by atoms with Crippen molar-refractivity contribution in [2.45, 2.75) is 120 Å². The quantitative estimate of drug-likeness (QED) is 0.260. The molecule has 0 bridgehead atoms. The summed E-state index contributed by atoms with van der Waals surface area (Å²) < 4.78 is 34.8. The number of aromatic nitrogens is 1. The number of ether oxygens (including phenoxy) is 1. The maximum atomic E-state index is 14.9. The summed E-state index contributed by atoms with van der Waals surface area (Å²) in [6, 6.07) is 15.5. The number of carbonyl (C=O) groups is 4. The number of fused-ring (bicyclic) bond motifs is 5. The molecule has 1 spiro atoms. The van der Waals surface area contributed by atoms with Gasteiger partial charge in [0.25, 0.3) is 0 Å². The minimum Gasteiger partial charge on any atom is -0.483 e. The predicted octanol–water partition coefficient (Wildman–Crippen LogP) is 5.60. The van der Waals surface area contributed by atoms with Gasteiger partial charge in [0, 0.05) is 30.3 Å². The van der Waals surface area contributed by atoms with Crippen molar-refractivity contribution in [3.63, 3.8) is 0 Å². The van der Waals surface area contributed by atoms with Crippen LogP contribution in [0.15, 0.2) is 66.7 Å². The van der Waals surface area contributed by atoms with Crippen molar-refractivity contribution in [1.82, 2.24) is 25.2 Å². The van der Waals surface area contributed by atoms with Gasteiger partial charge in [0.2, 0.25) is 21.8 Å². The van der Waals surface area contributed by atoms with Crippen LogP contribution in [0, 0.1) is 18.3 Å². The zero-order valence-corrected chi connectivity index (χ0v) is 33.7. The number of ketones is 1. The Morgan fingerprint density at radius 2 is 1.75 bits per heavy atom. The van der Waals surface area contributed by atoms with Gasteiger partial charge in [-0.15, -0.1) is 0 Å². The molecule has 2 aliphatic carbocycles. The Bertz CT molecular complexity index is 2220. The van der Waals surface area contributed by atoms with E-state index in [0.717, 1.165) is 47.0 Å². The van der Waals surface area contributed by atoms with E-state index in [1.807, 2.05) is 73.7 Å². The normalized spacial score (nSPS) is 28.8. The number of allylic oxidation sites excluding steroid dienone is 2. The maximum Gasteiger partial charge on any atom is 0.315 e. The van der Waals surface area contributed by atoms with E-state index < -0.39 is 49.8 Å². The van der Waals surface area contributed by atoms with E-state index in [1.54, 1.807) is 11.8 Å². The molecule has 2 saturated carbocycles. The first-order valence-electron chi connectivity index (χ1n) is 20.5. The zero-order chi connectivity index (χ0) is 40.0. The molecule has 1 saturated heterocycles. The minimum absolute atomic E-state index is 0.122. The summed E-state index contributed by atoms with van der Waals surface area (Å²) in [7, 11) is -3.94. The van der Waals surface area contributed by atoms with Crippen molar-refractivity contribution < 1.29 is 32.3 Å². The smallest absolute Gasteiger partial charge is 0.315 e. The Kier molecular flexibility index (Phi) is 10.4. The Balaban J connectivity index is 1.09. The fourth-order valence-electron chi connectivity index (χ4n) is 9.15. The van der Waals surface area contributed by atoms with Gasteiger partial charge in [0.1, 0.15) is 17.4 Å². The van der Waals surface area contributed by atoms with Gasteiger partial charge in [-0.1, -0.05) is 73.5 Å². The molecule has 0 unspecified atom stereocenters. The standard InChI is InChI=1S/C44H53N5O7S/c1-29-38-33(32-16-11-12-17-34(32)46-29)19-21-43(56-38)26-36-37(50)27-44(40(52)48-57(54,55)42(2)22-23-42)25-31(44)15-9-4-3-5-10-18-35(39(51)49(36)28-43)47-41(53)45-24-20-30-13-7-6-8-14-30/h6-9,11-17,31,35-36H,3-5,10,18-28H2,1-2H3,(H,48,52)(H2,45,47,53)/b15-9-/t31-,35+,36+,43-,44-/m1/s1. The SMILES string of the molecule is Cc1nc2ccccc2c2c1O[C@]1(CC2)C[C@H]2C(=O)C[C@]3(C(=O)NS(=O)(=O)C4(C)CC4)C[C@H]3/C=C\CCCCC[C@H](NC(=O)NCCc3ccccc3)C(=O)N2C1. The monoisotopic (exact) mass is 795 g/mol. The molecule has 57 heavy (non-hydrogen) atoms. The first kappa shape index (κ1) is 39.1. The van der Waals surface area contributed by atoms with Gasteiger partial charge in [0.05, 0.1) is 34.0 Å². The third kappa shape index (κ3) is 7.79. The van der Waals surface area contributed by atoms with Crippen LogP contribution in [0.1, 0.15) is 94.4 Å². The van der Waals surface area contributed by atoms with Crippen molar-refractivity contribution in [1.29, 1.82) is 0 Å². The van der Waals surface area contributed by atoms with Gasteiger partial charge in [-0.25, -0.2) is 18.2 Å². The van der Waals surface area contributed by atoms with Crippen LogP contribution in [0.2, 0.25) is 0 Å². The second-order valence-corrected chi connectivity index (χ2v) is 19.4. The van der Waals surface area contributed by atoms with Crippen LogP contribution >= 0.6 is 0 Å². The molecule has 4 amide bonds. The number of Topliss-reactive ketones (excluding diaryl/α,β-unsaturated/α-hetero) is 1. The van der Waals surface area contributed by atoms with Crippen LogP contribution in [-0.2, 0) is 37.2 Å². The summed E-state index contributed by atoms with van der Waals surface area (Å²) in [5.74, 6) is -0.977. The molecule has 8 rings (SSSR count). The number of urea groups is 1. The molecule has 12 nitrogen and oxygen atoms in total. The molecular formula is C44H53N5O7S. The highest BCUT2D eigenvalue weighted by Crippen LogP contribution is 2.58. The number of hydrogen-bond acceptors (Lipinski definition) is 8. The Labute approximate surface area is 334 Å². The molecule has 3 aromatic rings. The number of amides is 4. The largest absolute Gasteiger partial charge is 0.483 e. The number of pyridine rings is 1. The topological polar surface area (TPSA) is 164 Å². The highest BCUT2D eigenvalue weighted by Gasteiger charge is 2.63. The van der Waals surface area contributed by atoms with E-state index in [9.17, 15) is 27.6 Å². The Morgan fingerprint density at radius 1 is 0.982 bits per heavy atom. The highest BCUT2D eigenvalue weighted by molar-refractivity contribution is 7.91. The number of carbonyl (C=O) groups excluding carboxylic acids is 4. The van der Waals surface area contributed by atoms with Gasteiger partial charge in [-0.05, 0) is 89.2 Å². The van der Waals surface area contributed by atoms with Gasteiger partial charge < -0.3 is 20.3 Å². The number of hydrogen-bond donors (Lipinski definition) is 3. The van der Waals surface area contributed by atoms with E-state index in [2.05, 4.69) is 15.4 Å². The minimum atomic E-state index is -3.94. The molecule has 4 heterocycles. The van der Waals surface area contributed by atoms with Crippen molar-refractivity contribution in [3.8, 4) is 5.75 Å². The summed E-state index contributed by atoms with van der Waals surface area (Å²) in [5, 5.41) is 6.87. The number of aryl methyl sites for hydroxylation is 2. The van der Waals surface area contributed by atoms with Crippen LogP contribution in [-0.4, -0.2) is 77.5 Å². The average Bonchev–Trinajstić information content (AvgIpc) is 4.08. The maximum absolute atomic E-state index is 14.9. The number of para-hydroxylation sites is 1. The van der Waals surface area contributed by atoms with Crippen LogP contribution in [0.5, 0.6) is 5.75 Å². The lowest BCUT2D eigenvalue weighted by Gasteiger charge is -2.36. The zero-order valence-electron chi connectivity index (χ0n) is 32.8. The number of rotatable bonds is 7. The molecular weight excluding hydrogens is 743 g/mol. The number of sulfonamides is 1. The molecule has 5 aliphatic rings. The summed E-state index contributed by atoms with van der Waals surface area (Å²) in [4.78, 5) is 63.5. The van der Waals surface area contributed by atoms with Crippen molar-refractivity contribution in [2.75, 3.05) is 13.1 Å². The molecule has 2 aromatic carbocycles. The lowest BCUT2D eigenvalue weighted by molar-refractivity contribution is -0.140. The van der Waals surface area contributed by atoms with Crippen molar-refractivity contribution in [3.05, 3.63) is 83.6 Å². The predicted molar refractivity (Wildman–Crippen MR) is 216 cm³/mol. The third-order valence-electron chi connectivity index (χ3n) is 13.1. The number of nitrogens with zero attached hydrogens (tertiary/aromatic N) is 2. The second kappa shape index (κ2) is 15.2. The van der Waals surface area contributed by atoms with Crippen LogP contribution in [0.25, 0.3) is 10.9 Å². The molecule has 302 valence electrons. The second-order valence-electron chi connectivity index (χ2n) is 17.2. The average molecular weight is 796 g/mol. The molecule has 5 atom stereocenters. The van der Waals surface area contributed by atoms with E-state index in [0.29, 0.717) is 63.7 Å². The Hall–Kier alpha value is -4.78. The number of benzene rings is 2. The molecule has 0 radical (unpaired) electrons. The van der Waals surface area contributed by atoms with Crippen molar-refractivity contribution in [2.24, 2.45) is 11.3 Å².